The summed E-state index contributed by atoms with van der Waals surface area (Å²) in [5, 5.41) is 0. The van der Waals surface area contributed by atoms with Crippen LogP contribution in [0.4, 0.5) is 8.78 Å². The molecule has 3 unspecified atom stereocenters. The van der Waals surface area contributed by atoms with E-state index in [0.717, 1.165) is 18.4 Å². The van der Waals surface area contributed by atoms with Gasteiger partial charge in [0, 0.05) is 17.5 Å². The molecule has 0 aromatic heterocycles. The van der Waals surface area contributed by atoms with Crippen molar-refractivity contribution in [3.8, 4) is 5.75 Å². The number of rotatable bonds is 6. The lowest BCUT2D eigenvalue weighted by Gasteiger charge is -2.25. The third-order valence-corrected chi connectivity index (χ3v) is 5.29. The minimum absolute atomic E-state index is 0.0173. The number of carbonyl (C=O) groups excluding carboxylic acids is 1. The highest BCUT2D eigenvalue weighted by Crippen LogP contribution is 2.51. The van der Waals surface area contributed by atoms with Gasteiger partial charge >= 0.3 is 6.61 Å². The van der Waals surface area contributed by atoms with Gasteiger partial charge in [-0.3, -0.25) is 4.79 Å². The van der Waals surface area contributed by atoms with Gasteiger partial charge in [0.25, 0.3) is 0 Å². The summed E-state index contributed by atoms with van der Waals surface area (Å²) in [6, 6.07) is 4.93. The van der Waals surface area contributed by atoms with Crippen molar-refractivity contribution in [3.63, 3.8) is 0 Å². The summed E-state index contributed by atoms with van der Waals surface area (Å²) in [7, 11) is 0. The molecule has 3 atom stereocenters. The van der Waals surface area contributed by atoms with Crippen LogP contribution >= 0.6 is 0 Å². The number of allylic oxidation sites excluding steroid dienone is 1. The van der Waals surface area contributed by atoms with Gasteiger partial charge in [0.2, 0.25) is 0 Å². The second-order valence-corrected chi connectivity index (χ2v) is 8.59. The Morgan fingerprint density at radius 1 is 1.35 bits per heavy atom. The summed E-state index contributed by atoms with van der Waals surface area (Å²) in [5.74, 6) is 0.567. The molecule has 2 nitrogen and oxygen atoms in total. The number of halogens is 2. The molecule has 4 heteroatoms. The standard InChI is InChI=1S/C22H30F2O2/c1-7-15-14(3)13(2)11-17(15)20-16(18(25)12-22(4,5)6)9-8-10-19(20)26-21(23)24/h8-10,13,15,17,21H,3,7,11-12H2,1-2,4-6H3. The van der Waals surface area contributed by atoms with E-state index >= 15 is 0 Å². The molecule has 0 bridgehead atoms. The maximum atomic E-state index is 13.0. The van der Waals surface area contributed by atoms with E-state index in [1.807, 2.05) is 20.8 Å². The van der Waals surface area contributed by atoms with Crippen molar-refractivity contribution in [2.24, 2.45) is 17.3 Å². The number of alkyl halides is 2. The SMILES string of the molecule is C=C1C(C)CC(c2c(OC(F)F)cccc2C(=O)CC(C)(C)C)C1CC. The van der Waals surface area contributed by atoms with Crippen LogP contribution in [0.5, 0.6) is 5.75 Å². The number of benzene rings is 1. The summed E-state index contributed by atoms with van der Waals surface area (Å²) in [4.78, 5) is 13.0. The highest BCUT2D eigenvalue weighted by atomic mass is 19.3. The summed E-state index contributed by atoms with van der Waals surface area (Å²) in [6.45, 7) is 11.5. The zero-order valence-corrected chi connectivity index (χ0v) is 16.4. The zero-order chi connectivity index (χ0) is 19.6. The number of carbonyl (C=O) groups is 1. The van der Waals surface area contributed by atoms with Crippen LogP contribution in [0.2, 0.25) is 0 Å². The molecule has 1 saturated carbocycles. The van der Waals surface area contributed by atoms with Crippen LogP contribution in [-0.2, 0) is 0 Å². The molecule has 1 aliphatic rings. The molecule has 1 fully saturated rings. The third kappa shape index (κ3) is 4.52. The van der Waals surface area contributed by atoms with Gasteiger partial charge in [-0.2, -0.15) is 8.78 Å². The van der Waals surface area contributed by atoms with E-state index in [9.17, 15) is 13.6 Å². The first-order valence-electron chi connectivity index (χ1n) is 9.34. The maximum absolute atomic E-state index is 13.0. The van der Waals surface area contributed by atoms with Gasteiger partial charge in [-0.05, 0) is 42.1 Å². The summed E-state index contributed by atoms with van der Waals surface area (Å²) < 4.78 is 30.8. The van der Waals surface area contributed by atoms with Gasteiger partial charge in [-0.15, -0.1) is 0 Å². The first-order chi connectivity index (χ1) is 12.0. The van der Waals surface area contributed by atoms with Gasteiger partial charge in [0.05, 0.1) is 0 Å². The topological polar surface area (TPSA) is 26.3 Å². The molecule has 1 aromatic rings. The monoisotopic (exact) mass is 364 g/mol. The van der Waals surface area contributed by atoms with E-state index in [0.29, 0.717) is 23.5 Å². The Morgan fingerprint density at radius 2 is 2.00 bits per heavy atom. The number of ketones is 1. The van der Waals surface area contributed by atoms with Crippen LogP contribution in [0, 0.1) is 17.3 Å². The van der Waals surface area contributed by atoms with E-state index in [1.54, 1.807) is 18.2 Å². The van der Waals surface area contributed by atoms with Gasteiger partial charge in [-0.25, -0.2) is 0 Å². The quantitative estimate of drug-likeness (QED) is 0.419. The molecule has 0 amide bonds. The zero-order valence-electron chi connectivity index (χ0n) is 16.4. The van der Waals surface area contributed by atoms with E-state index < -0.39 is 6.61 Å². The van der Waals surface area contributed by atoms with E-state index in [-0.39, 0.29) is 28.8 Å². The summed E-state index contributed by atoms with van der Waals surface area (Å²) >= 11 is 0. The fourth-order valence-corrected chi connectivity index (χ4v) is 4.13. The fourth-order valence-electron chi connectivity index (χ4n) is 4.13. The molecule has 1 aromatic carbocycles. The molecule has 2 rings (SSSR count). The molecule has 144 valence electrons. The molecule has 0 aliphatic heterocycles. The molecule has 0 saturated heterocycles. The number of hydrogen-bond donors (Lipinski definition) is 0. The molecule has 0 spiro atoms. The van der Waals surface area contributed by atoms with E-state index in [4.69, 9.17) is 4.74 Å². The van der Waals surface area contributed by atoms with Crippen molar-refractivity contribution in [2.75, 3.05) is 0 Å². The van der Waals surface area contributed by atoms with Crippen molar-refractivity contribution < 1.29 is 18.3 Å². The average molecular weight is 364 g/mol. The maximum Gasteiger partial charge on any atom is 0.387 e. The second kappa shape index (κ2) is 7.89. The van der Waals surface area contributed by atoms with Gasteiger partial charge in [-0.1, -0.05) is 58.9 Å². The van der Waals surface area contributed by atoms with Crippen molar-refractivity contribution in [2.45, 2.75) is 66.4 Å². The van der Waals surface area contributed by atoms with Gasteiger partial charge in [0.1, 0.15) is 5.75 Å². The fraction of sp³-hybridized carbons (Fsp3) is 0.591. The third-order valence-electron chi connectivity index (χ3n) is 5.29. The second-order valence-electron chi connectivity index (χ2n) is 8.59. The largest absolute Gasteiger partial charge is 0.435 e. The summed E-state index contributed by atoms with van der Waals surface area (Å²) in [6.07, 6.45) is 2.03. The lowest BCUT2D eigenvalue weighted by Crippen LogP contribution is -2.18. The van der Waals surface area contributed by atoms with Crippen LogP contribution in [0.1, 0.15) is 75.7 Å². The van der Waals surface area contributed by atoms with Crippen molar-refractivity contribution in [3.05, 3.63) is 41.5 Å². The molecule has 0 radical (unpaired) electrons. The smallest absolute Gasteiger partial charge is 0.387 e. The predicted molar refractivity (Wildman–Crippen MR) is 101 cm³/mol. The molecule has 26 heavy (non-hydrogen) atoms. The molecular formula is C22H30F2O2. The van der Waals surface area contributed by atoms with Crippen molar-refractivity contribution >= 4 is 5.78 Å². The van der Waals surface area contributed by atoms with Crippen molar-refractivity contribution in [1.29, 1.82) is 0 Å². The Hall–Kier alpha value is -1.71. The molecule has 0 heterocycles. The number of hydrogen-bond acceptors (Lipinski definition) is 2. The predicted octanol–water partition coefficient (Wildman–Crippen LogP) is 6.61. The Labute approximate surface area is 155 Å². The number of ether oxygens (including phenoxy) is 1. The van der Waals surface area contributed by atoms with Crippen LogP contribution in [0.15, 0.2) is 30.4 Å². The van der Waals surface area contributed by atoms with Crippen LogP contribution in [0.25, 0.3) is 0 Å². The van der Waals surface area contributed by atoms with Crippen molar-refractivity contribution in [1.82, 2.24) is 0 Å². The van der Waals surface area contributed by atoms with E-state index in [1.165, 1.54) is 0 Å². The normalized spacial score (nSPS) is 23.5. The first-order valence-corrected chi connectivity index (χ1v) is 9.34. The Bertz CT molecular complexity index is 673. The number of Topliss-reactive ketones (excluding diaryl/α,β-unsaturated/α-hetero) is 1. The van der Waals surface area contributed by atoms with Gasteiger partial charge < -0.3 is 4.74 Å². The Balaban J connectivity index is 2.56. The van der Waals surface area contributed by atoms with Crippen LogP contribution < -0.4 is 4.74 Å². The molecule has 1 aliphatic carbocycles. The Morgan fingerprint density at radius 3 is 2.54 bits per heavy atom. The van der Waals surface area contributed by atoms with Crippen LogP contribution in [-0.4, -0.2) is 12.4 Å². The average Bonchev–Trinajstić information content (AvgIpc) is 2.79. The molecular weight excluding hydrogens is 334 g/mol. The Kier molecular flexibility index (Phi) is 6.25. The van der Waals surface area contributed by atoms with Crippen LogP contribution in [0.3, 0.4) is 0 Å². The van der Waals surface area contributed by atoms with Gasteiger partial charge in [0.15, 0.2) is 5.78 Å². The highest BCUT2D eigenvalue weighted by Gasteiger charge is 2.39. The highest BCUT2D eigenvalue weighted by molar-refractivity contribution is 5.98. The minimum Gasteiger partial charge on any atom is -0.435 e. The lowest BCUT2D eigenvalue weighted by molar-refractivity contribution is -0.0507. The summed E-state index contributed by atoms with van der Waals surface area (Å²) in [5.41, 5.74) is 2.12. The van der Waals surface area contributed by atoms with E-state index in [2.05, 4.69) is 20.4 Å². The first kappa shape index (κ1) is 20.6. The molecule has 0 N–H and O–H groups in total. The lowest BCUT2D eigenvalue weighted by atomic mass is 9.80. The minimum atomic E-state index is -2.91.